The van der Waals surface area contributed by atoms with Crippen molar-refractivity contribution in [3.05, 3.63) is 0 Å². The maximum Gasteiger partial charge on any atom is 0.302 e. The van der Waals surface area contributed by atoms with Crippen molar-refractivity contribution in [1.82, 2.24) is 0 Å². The minimum absolute atomic E-state index is 0.118. The van der Waals surface area contributed by atoms with E-state index in [0.717, 1.165) is 0 Å². The summed E-state index contributed by atoms with van der Waals surface area (Å²) in [6.45, 7) is 1.12. The fraction of sp³-hybridized carbons (Fsp3) is 0.889. The minimum atomic E-state index is -1.46. The molecule has 1 fully saturated rings. The van der Waals surface area contributed by atoms with Crippen LogP contribution in [0, 0.1) is 0 Å². The lowest BCUT2D eigenvalue weighted by Crippen LogP contribution is -2.42. The van der Waals surface area contributed by atoms with Gasteiger partial charge in [-0.3, -0.25) is 4.79 Å². The average Bonchev–Trinajstić information content (AvgIpc) is 2.47. The molecule has 0 saturated carbocycles. The molecule has 0 aliphatic carbocycles. The van der Waals surface area contributed by atoms with Crippen LogP contribution in [0.1, 0.15) is 6.92 Å². The van der Waals surface area contributed by atoms with Crippen molar-refractivity contribution in [2.75, 3.05) is 13.7 Å². The van der Waals surface area contributed by atoms with E-state index in [2.05, 4.69) is 0 Å². The molecule has 7 heteroatoms. The summed E-state index contributed by atoms with van der Waals surface area (Å²) in [7, 11) is 1.35. The topological polar surface area (TPSA) is 105 Å². The highest BCUT2D eigenvalue weighted by Crippen LogP contribution is 2.23. The SMILES string of the molecule is CO[C@H](COC(C)=O)[C@@H]1O[C@H](O)[C@H](O)[C@H]1O. The van der Waals surface area contributed by atoms with Crippen molar-refractivity contribution in [3.63, 3.8) is 0 Å². The van der Waals surface area contributed by atoms with Crippen molar-refractivity contribution >= 4 is 5.97 Å². The second kappa shape index (κ2) is 5.55. The third-order valence-corrected chi connectivity index (χ3v) is 2.40. The molecule has 5 atom stereocenters. The first kappa shape index (κ1) is 13.3. The Labute approximate surface area is 92.5 Å². The van der Waals surface area contributed by atoms with Gasteiger partial charge >= 0.3 is 5.97 Å². The Kier molecular flexibility index (Phi) is 4.63. The van der Waals surface area contributed by atoms with Crippen LogP contribution in [0.25, 0.3) is 0 Å². The lowest BCUT2D eigenvalue weighted by molar-refractivity contribution is -0.166. The van der Waals surface area contributed by atoms with Gasteiger partial charge in [-0.05, 0) is 0 Å². The van der Waals surface area contributed by atoms with Crippen LogP contribution in [-0.4, -0.2) is 65.7 Å². The van der Waals surface area contributed by atoms with E-state index < -0.39 is 36.7 Å². The standard InChI is InChI=1S/C9H16O7/c1-4(10)15-3-5(14-2)8-6(11)7(12)9(13)16-8/h5-9,11-13H,3H2,1-2H3/t5-,6-,7-,8+,9+/m1/s1. The third-order valence-electron chi connectivity index (χ3n) is 2.40. The summed E-state index contributed by atoms with van der Waals surface area (Å²) < 4.78 is 14.6. The number of carbonyl (C=O) groups excluding carboxylic acids is 1. The number of aliphatic hydroxyl groups excluding tert-OH is 3. The number of carbonyl (C=O) groups is 1. The summed E-state index contributed by atoms with van der Waals surface area (Å²) >= 11 is 0. The van der Waals surface area contributed by atoms with Gasteiger partial charge in [0.25, 0.3) is 0 Å². The molecule has 1 aliphatic heterocycles. The predicted molar refractivity (Wildman–Crippen MR) is 50.3 cm³/mol. The smallest absolute Gasteiger partial charge is 0.302 e. The van der Waals surface area contributed by atoms with Gasteiger partial charge in [-0.2, -0.15) is 0 Å². The summed E-state index contributed by atoms with van der Waals surface area (Å²) in [5.74, 6) is -0.490. The molecule has 94 valence electrons. The van der Waals surface area contributed by atoms with Crippen LogP contribution in [0.15, 0.2) is 0 Å². The summed E-state index contributed by atoms with van der Waals surface area (Å²) in [5.41, 5.74) is 0. The molecule has 1 saturated heterocycles. The monoisotopic (exact) mass is 236 g/mol. The van der Waals surface area contributed by atoms with Crippen molar-refractivity contribution in [3.8, 4) is 0 Å². The zero-order valence-corrected chi connectivity index (χ0v) is 9.07. The Bertz CT molecular complexity index is 244. The molecule has 16 heavy (non-hydrogen) atoms. The van der Waals surface area contributed by atoms with Gasteiger partial charge in [0, 0.05) is 14.0 Å². The maximum atomic E-state index is 10.6. The molecule has 7 nitrogen and oxygen atoms in total. The van der Waals surface area contributed by atoms with E-state index in [0.29, 0.717) is 0 Å². The molecule has 0 unspecified atom stereocenters. The van der Waals surface area contributed by atoms with Gasteiger partial charge in [0.05, 0.1) is 0 Å². The Morgan fingerprint density at radius 3 is 2.38 bits per heavy atom. The van der Waals surface area contributed by atoms with Crippen molar-refractivity contribution < 1.29 is 34.3 Å². The zero-order valence-electron chi connectivity index (χ0n) is 9.07. The number of aliphatic hydroxyl groups is 3. The molecule has 0 spiro atoms. The fourth-order valence-corrected chi connectivity index (χ4v) is 1.49. The van der Waals surface area contributed by atoms with Crippen LogP contribution in [0.3, 0.4) is 0 Å². The van der Waals surface area contributed by atoms with Crippen LogP contribution in [0.4, 0.5) is 0 Å². The first-order chi connectivity index (χ1) is 7.47. The number of hydrogen-bond donors (Lipinski definition) is 3. The Morgan fingerprint density at radius 1 is 1.38 bits per heavy atom. The molecule has 0 bridgehead atoms. The predicted octanol–water partition coefficient (Wildman–Crippen LogP) is -2.00. The van der Waals surface area contributed by atoms with Crippen molar-refractivity contribution in [2.45, 2.75) is 37.6 Å². The quantitative estimate of drug-likeness (QED) is 0.485. The first-order valence-electron chi connectivity index (χ1n) is 4.83. The summed E-state index contributed by atoms with van der Waals surface area (Å²) in [5, 5.41) is 28.0. The molecule has 1 heterocycles. The molecule has 0 aromatic carbocycles. The first-order valence-corrected chi connectivity index (χ1v) is 4.83. The van der Waals surface area contributed by atoms with Gasteiger partial charge in [-0.1, -0.05) is 0 Å². The van der Waals surface area contributed by atoms with E-state index in [1.807, 2.05) is 0 Å². The van der Waals surface area contributed by atoms with Crippen LogP contribution in [-0.2, 0) is 19.0 Å². The minimum Gasteiger partial charge on any atom is -0.463 e. The van der Waals surface area contributed by atoms with Gasteiger partial charge in [0.2, 0.25) is 0 Å². The van der Waals surface area contributed by atoms with Gasteiger partial charge in [-0.25, -0.2) is 0 Å². The Balaban J connectivity index is 2.56. The number of ether oxygens (including phenoxy) is 3. The van der Waals surface area contributed by atoms with E-state index in [1.54, 1.807) is 0 Å². The molecule has 0 amide bonds. The van der Waals surface area contributed by atoms with Crippen LogP contribution < -0.4 is 0 Å². The van der Waals surface area contributed by atoms with Gasteiger partial charge < -0.3 is 29.5 Å². The maximum absolute atomic E-state index is 10.6. The van der Waals surface area contributed by atoms with Crippen LogP contribution in [0.5, 0.6) is 0 Å². The van der Waals surface area contributed by atoms with E-state index >= 15 is 0 Å². The van der Waals surface area contributed by atoms with Crippen molar-refractivity contribution in [2.24, 2.45) is 0 Å². The Hall–Kier alpha value is -0.730. The highest BCUT2D eigenvalue weighted by Gasteiger charge is 2.46. The second-order valence-corrected chi connectivity index (χ2v) is 3.55. The van der Waals surface area contributed by atoms with Gasteiger partial charge in [-0.15, -0.1) is 0 Å². The van der Waals surface area contributed by atoms with Gasteiger partial charge in [0.1, 0.15) is 31.0 Å². The summed E-state index contributed by atoms with van der Waals surface area (Å²) in [4.78, 5) is 10.6. The lowest BCUT2D eigenvalue weighted by atomic mass is 10.1. The number of esters is 1. The average molecular weight is 236 g/mol. The molecular weight excluding hydrogens is 220 g/mol. The van der Waals surface area contributed by atoms with E-state index in [-0.39, 0.29) is 6.61 Å². The van der Waals surface area contributed by atoms with Crippen LogP contribution in [0.2, 0.25) is 0 Å². The fourth-order valence-electron chi connectivity index (χ4n) is 1.49. The number of rotatable bonds is 4. The largest absolute Gasteiger partial charge is 0.463 e. The molecule has 1 aliphatic rings. The highest BCUT2D eigenvalue weighted by molar-refractivity contribution is 5.65. The third kappa shape index (κ3) is 2.89. The molecule has 0 aromatic rings. The van der Waals surface area contributed by atoms with Crippen molar-refractivity contribution in [1.29, 1.82) is 0 Å². The summed E-state index contributed by atoms with van der Waals surface area (Å²) in [6.07, 6.45) is -5.81. The molecule has 0 radical (unpaired) electrons. The van der Waals surface area contributed by atoms with E-state index in [4.69, 9.17) is 19.3 Å². The van der Waals surface area contributed by atoms with Crippen LogP contribution >= 0.6 is 0 Å². The normalized spacial score (nSPS) is 36.1. The molecule has 1 rings (SSSR count). The zero-order chi connectivity index (χ0) is 12.3. The summed E-state index contributed by atoms with van der Waals surface area (Å²) in [6, 6.07) is 0. The molecule has 3 N–H and O–H groups in total. The number of hydrogen-bond acceptors (Lipinski definition) is 7. The number of methoxy groups -OCH3 is 1. The molecular formula is C9H16O7. The second-order valence-electron chi connectivity index (χ2n) is 3.55. The van der Waals surface area contributed by atoms with Gasteiger partial charge in [0.15, 0.2) is 6.29 Å². The molecule has 0 aromatic heterocycles. The highest BCUT2D eigenvalue weighted by atomic mass is 16.7. The Morgan fingerprint density at radius 2 is 2.00 bits per heavy atom. The van der Waals surface area contributed by atoms with E-state index in [9.17, 15) is 15.0 Å². The lowest BCUT2D eigenvalue weighted by Gasteiger charge is -2.23. The van der Waals surface area contributed by atoms with E-state index in [1.165, 1.54) is 14.0 Å².